The Morgan fingerprint density at radius 1 is 1.14 bits per heavy atom. The molecule has 10 heteroatoms. The van der Waals surface area contributed by atoms with Crippen LogP contribution in [0, 0.1) is 0 Å². The molecule has 2 rings (SSSR count). The first kappa shape index (κ1) is 22.4. The van der Waals surface area contributed by atoms with E-state index in [0.717, 1.165) is 12.0 Å². The van der Waals surface area contributed by atoms with Crippen molar-refractivity contribution in [2.24, 2.45) is 4.99 Å². The molecular formula is C18H23Cl2N5O2S. The molecule has 28 heavy (non-hydrogen) atoms. The highest BCUT2D eigenvalue weighted by molar-refractivity contribution is 7.89. The Morgan fingerprint density at radius 3 is 2.64 bits per heavy atom. The molecular weight excluding hydrogens is 421 g/mol. The van der Waals surface area contributed by atoms with Crippen LogP contribution < -0.4 is 15.4 Å². The van der Waals surface area contributed by atoms with Gasteiger partial charge in [0.25, 0.3) is 0 Å². The average molecular weight is 444 g/mol. The maximum atomic E-state index is 12.2. The second-order valence-corrected chi connectivity index (χ2v) is 8.37. The first-order valence-corrected chi connectivity index (χ1v) is 11.0. The highest BCUT2D eigenvalue weighted by Crippen LogP contribution is 2.14. The molecule has 1 aromatic heterocycles. The Balaban J connectivity index is 1.82. The van der Waals surface area contributed by atoms with Gasteiger partial charge in [-0.25, -0.2) is 18.1 Å². The summed E-state index contributed by atoms with van der Waals surface area (Å²) in [5.41, 5.74) is 1.06. The molecule has 0 aliphatic rings. The predicted octanol–water partition coefficient (Wildman–Crippen LogP) is 2.46. The van der Waals surface area contributed by atoms with E-state index in [2.05, 4.69) is 25.3 Å². The third-order valence-corrected chi connectivity index (χ3v) is 5.54. The van der Waals surface area contributed by atoms with Crippen LogP contribution in [0.1, 0.15) is 12.5 Å². The van der Waals surface area contributed by atoms with Gasteiger partial charge in [-0.1, -0.05) is 35.3 Å². The van der Waals surface area contributed by atoms with Crippen LogP contribution in [0.3, 0.4) is 0 Å². The molecule has 1 aromatic carbocycles. The number of nitrogens with one attached hydrogen (secondary N) is 3. The molecule has 7 nitrogen and oxygen atoms in total. The molecule has 0 fully saturated rings. The highest BCUT2D eigenvalue weighted by atomic mass is 35.5. The zero-order chi connectivity index (χ0) is 20.4. The second kappa shape index (κ2) is 11.2. The van der Waals surface area contributed by atoms with Crippen molar-refractivity contribution in [3.05, 3.63) is 58.3 Å². The minimum atomic E-state index is -3.61. The lowest BCUT2D eigenvalue weighted by molar-refractivity contribution is 0.582. The third kappa shape index (κ3) is 7.63. The van der Waals surface area contributed by atoms with Gasteiger partial charge in [-0.15, -0.1) is 0 Å². The van der Waals surface area contributed by atoms with E-state index in [1.807, 2.05) is 13.0 Å². The van der Waals surface area contributed by atoms with Crippen molar-refractivity contribution < 1.29 is 8.42 Å². The van der Waals surface area contributed by atoms with Crippen LogP contribution in [-0.4, -0.2) is 45.5 Å². The van der Waals surface area contributed by atoms with Crippen molar-refractivity contribution in [3.63, 3.8) is 0 Å². The molecule has 0 radical (unpaired) electrons. The molecule has 1 heterocycles. The number of hydrogen-bond donors (Lipinski definition) is 3. The summed E-state index contributed by atoms with van der Waals surface area (Å²) in [6.07, 6.45) is 2.49. The van der Waals surface area contributed by atoms with Gasteiger partial charge < -0.3 is 10.6 Å². The van der Waals surface area contributed by atoms with E-state index in [-0.39, 0.29) is 18.0 Å². The minimum absolute atomic E-state index is 0.130. The van der Waals surface area contributed by atoms with Crippen LogP contribution in [0.2, 0.25) is 10.2 Å². The summed E-state index contributed by atoms with van der Waals surface area (Å²) in [5, 5.41) is 7.16. The summed E-state index contributed by atoms with van der Waals surface area (Å²) in [6.45, 7) is 3.78. The number of aromatic nitrogens is 1. The van der Waals surface area contributed by atoms with Crippen molar-refractivity contribution >= 4 is 39.2 Å². The summed E-state index contributed by atoms with van der Waals surface area (Å²) in [7, 11) is -3.61. The molecule has 0 amide bonds. The van der Waals surface area contributed by atoms with E-state index >= 15 is 0 Å². The number of aliphatic imine (C=N–C) groups is 1. The molecule has 0 unspecified atom stereocenters. The van der Waals surface area contributed by atoms with E-state index in [1.165, 1.54) is 12.1 Å². The second-order valence-electron chi connectivity index (χ2n) is 5.78. The number of pyridine rings is 1. The number of rotatable bonds is 9. The molecule has 0 aliphatic carbocycles. The van der Waals surface area contributed by atoms with Gasteiger partial charge in [-0.2, -0.15) is 0 Å². The Labute approximate surface area is 175 Å². The average Bonchev–Trinajstić information content (AvgIpc) is 2.67. The lowest BCUT2D eigenvalue weighted by atomic mass is 10.2. The molecule has 0 atom stereocenters. The fraction of sp³-hybridized carbons (Fsp3) is 0.333. The van der Waals surface area contributed by atoms with Crippen LogP contribution in [0.15, 0.2) is 52.5 Å². The smallest absolute Gasteiger partial charge is 0.240 e. The van der Waals surface area contributed by atoms with Crippen LogP contribution in [0.4, 0.5) is 0 Å². The van der Waals surface area contributed by atoms with Crippen molar-refractivity contribution in [2.75, 3.05) is 26.2 Å². The minimum Gasteiger partial charge on any atom is -0.357 e. The monoisotopic (exact) mass is 443 g/mol. The van der Waals surface area contributed by atoms with Gasteiger partial charge in [0.15, 0.2) is 5.96 Å². The van der Waals surface area contributed by atoms with E-state index < -0.39 is 10.0 Å². The van der Waals surface area contributed by atoms with Crippen molar-refractivity contribution in [1.29, 1.82) is 0 Å². The van der Waals surface area contributed by atoms with Gasteiger partial charge in [-0.05, 0) is 43.2 Å². The summed E-state index contributed by atoms with van der Waals surface area (Å²) >= 11 is 11.6. The zero-order valence-electron chi connectivity index (χ0n) is 15.5. The number of sulfonamides is 1. The summed E-state index contributed by atoms with van der Waals surface area (Å²) in [4.78, 5) is 8.55. The van der Waals surface area contributed by atoms with Crippen molar-refractivity contribution in [2.45, 2.75) is 18.2 Å². The van der Waals surface area contributed by atoms with Gasteiger partial charge in [0.05, 0.1) is 11.4 Å². The van der Waals surface area contributed by atoms with Gasteiger partial charge >= 0.3 is 0 Å². The molecule has 152 valence electrons. The maximum Gasteiger partial charge on any atom is 0.240 e. The molecule has 0 saturated carbocycles. The Bertz CT molecular complexity index is 889. The molecule has 2 aromatic rings. The third-order valence-electron chi connectivity index (χ3n) is 3.62. The summed E-state index contributed by atoms with van der Waals surface area (Å²) in [6, 6.07) is 9.80. The number of halogens is 2. The molecule has 0 aliphatic heterocycles. The Hall–Kier alpha value is -1.87. The molecule has 0 spiro atoms. The van der Waals surface area contributed by atoms with E-state index in [4.69, 9.17) is 23.2 Å². The quantitative estimate of drug-likeness (QED) is 0.239. The van der Waals surface area contributed by atoms with Crippen LogP contribution in [-0.2, 0) is 16.4 Å². The van der Waals surface area contributed by atoms with Crippen LogP contribution in [0.25, 0.3) is 0 Å². The van der Waals surface area contributed by atoms with Crippen LogP contribution >= 0.6 is 23.2 Å². The standard InChI is InChI=1S/C18H23Cl2N5O2S/c1-2-21-18(22-9-8-14-6-7-17(20)24-13-14)23-10-11-25-28(26,27)16-5-3-4-15(19)12-16/h3-7,12-13,25H,2,8-11H2,1H3,(H2,21,22,23). The number of guanidine groups is 1. The normalized spacial score (nSPS) is 12.0. The van der Waals surface area contributed by atoms with Gasteiger partial charge in [-0.3, -0.25) is 4.99 Å². The highest BCUT2D eigenvalue weighted by Gasteiger charge is 2.13. The number of hydrogen-bond acceptors (Lipinski definition) is 4. The van der Waals surface area contributed by atoms with E-state index in [0.29, 0.717) is 29.2 Å². The maximum absolute atomic E-state index is 12.2. The van der Waals surface area contributed by atoms with Gasteiger partial charge in [0.2, 0.25) is 10.0 Å². The number of benzene rings is 1. The Morgan fingerprint density at radius 2 is 1.96 bits per heavy atom. The Kier molecular flexibility index (Phi) is 8.98. The van der Waals surface area contributed by atoms with Crippen LogP contribution in [0.5, 0.6) is 0 Å². The molecule has 3 N–H and O–H groups in total. The van der Waals surface area contributed by atoms with Gasteiger partial charge in [0.1, 0.15) is 5.15 Å². The predicted molar refractivity (Wildman–Crippen MR) is 114 cm³/mol. The van der Waals surface area contributed by atoms with E-state index in [9.17, 15) is 8.42 Å². The van der Waals surface area contributed by atoms with E-state index in [1.54, 1.807) is 24.4 Å². The zero-order valence-corrected chi connectivity index (χ0v) is 17.8. The largest absolute Gasteiger partial charge is 0.357 e. The summed E-state index contributed by atoms with van der Waals surface area (Å²) in [5.74, 6) is 0.617. The molecule has 0 saturated heterocycles. The topological polar surface area (TPSA) is 95.5 Å². The van der Waals surface area contributed by atoms with Crippen molar-refractivity contribution in [1.82, 2.24) is 20.3 Å². The fourth-order valence-electron chi connectivity index (χ4n) is 2.29. The number of nitrogens with zero attached hydrogens (tertiary/aromatic N) is 2. The van der Waals surface area contributed by atoms with Gasteiger partial charge in [0, 0.05) is 30.9 Å². The fourth-order valence-corrected chi connectivity index (χ4v) is 3.72. The first-order valence-electron chi connectivity index (χ1n) is 8.78. The molecule has 0 bridgehead atoms. The lowest BCUT2D eigenvalue weighted by Gasteiger charge is -2.11. The summed E-state index contributed by atoms with van der Waals surface area (Å²) < 4.78 is 27.0. The van der Waals surface area contributed by atoms with Crippen molar-refractivity contribution in [3.8, 4) is 0 Å². The lowest BCUT2D eigenvalue weighted by Crippen LogP contribution is -2.39. The SMILES string of the molecule is CCNC(=NCCNS(=O)(=O)c1cccc(Cl)c1)NCCc1ccc(Cl)nc1. The first-order chi connectivity index (χ1) is 13.4.